The average Bonchev–Trinajstić information content (AvgIpc) is 2.15. The van der Waals surface area contributed by atoms with Crippen molar-refractivity contribution in [3.8, 4) is 0 Å². The summed E-state index contributed by atoms with van der Waals surface area (Å²) in [4.78, 5) is 11.1. The highest BCUT2D eigenvalue weighted by molar-refractivity contribution is 7.86. The summed E-state index contributed by atoms with van der Waals surface area (Å²) in [5.74, 6) is -0.475. The summed E-state index contributed by atoms with van der Waals surface area (Å²) in [6, 6.07) is 0. The van der Waals surface area contributed by atoms with Crippen molar-refractivity contribution < 1.29 is 17.9 Å². The normalized spacial score (nSPS) is 20.7. The van der Waals surface area contributed by atoms with Crippen molar-refractivity contribution in [2.24, 2.45) is 11.1 Å². The molecule has 1 aliphatic heterocycles. The lowest BCUT2D eigenvalue weighted by Gasteiger charge is -2.28. The molecule has 0 amide bonds. The Balaban J connectivity index is 2.51. The van der Waals surface area contributed by atoms with Crippen LogP contribution in [0.2, 0.25) is 0 Å². The van der Waals surface area contributed by atoms with E-state index < -0.39 is 10.2 Å². The number of nitrogens with zero attached hydrogens (tertiary/aromatic N) is 1. The van der Waals surface area contributed by atoms with E-state index in [1.807, 2.05) is 0 Å². The van der Waals surface area contributed by atoms with Gasteiger partial charge in [0.15, 0.2) is 0 Å². The maximum Gasteiger partial charge on any atom is 0.308 e. The topological polar surface area (TPSA) is 89.7 Å². The summed E-state index contributed by atoms with van der Waals surface area (Å²) < 4.78 is 27.6. The Morgan fingerprint density at radius 3 is 2.29 bits per heavy atom. The van der Waals surface area contributed by atoms with Gasteiger partial charge in [-0.1, -0.05) is 0 Å². The van der Waals surface area contributed by atoms with E-state index in [0.717, 1.165) is 0 Å². The van der Waals surface area contributed by atoms with E-state index in [9.17, 15) is 13.2 Å². The number of piperidine rings is 1. The predicted molar refractivity (Wildman–Crippen MR) is 49.4 cm³/mol. The zero-order valence-electron chi connectivity index (χ0n) is 7.97. The van der Waals surface area contributed by atoms with Crippen LogP contribution in [-0.2, 0) is 19.7 Å². The lowest BCUT2D eigenvalue weighted by molar-refractivity contribution is -0.146. The maximum atomic E-state index is 11.1. The summed E-state index contributed by atoms with van der Waals surface area (Å²) in [5, 5.41) is 4.95. The van der Waals surface area contributed by atoms with Gasteiger partial charge >= 0.3 is 5.97 Å². The molecule has 0 aliphatic carbocycles. The molecule has 0 bridgehead atoms. The van der Waals surface area contributed by atoms with E-state index >= 15 is 0 Å². The first kappa shape index (κ1) is 11.4. The zero-order valence-corrected chi connectivity index (χ0v) is 8.79. The second kappa shape index (κ2) is 4.24. The van der Waals surface area contributed by atoms with E-state index in [4.69, 9.17) is 5.14 Å². The molecule has 0 radical (unpaired) electrons. The molecule has 0 saturated carbocycles. The number of hydrogen-bond acceptors (Lipinski definition) is 4. The Morgan fingerprint density at radius 2 is 1.93 bits per heavy atom. The molecule has 2 N–H and O–H groups in total. The minimum Gasteiger partial charge on any atom is -0.469 e. The van der Waals surface area contributed by atoms with Gasteiger partial charge in [-0.25, -0.2) is 5.14 Å². The first-order valence-electron chi connectivity index (χ1n) is 4.31. The molecule has 0 aromatic heterocycles. The van der Waals surface area contributed by atoms with Crippen LogP contribution < -0.4 is 5.14 Å². The SMILES string of the molecule is COC(=O)C1CCN(S(N)(=O)=O)CC1. The highest BCUT2D eigenvalue weighted by Crippen LogP contribution is 2.19. The minimum absolute atomic E-state index is 0.196. The highest BCUT2D eigenvalue weighted by Gasteiger charge is 2.29. The van der Waals surface area contributed by atoms with E-state index in [0.29, 0.717) is 25.9 Å². The van der Waals surface area contributed by atoms with Gasteiger partial charge in [0.25, 0.3) is 10.2 Å². The Bertz CT molecular complexity index is 306. The molecule has 6 nitrogen and oxygen atoms in total. The van der Waals surface area contributed by atoms with Crippen LogP contribution in [0.1, 0.15) is 12.8 Å². The van der Waals surface area contributed by atoms with Gasteiger partial charge in [0.05, 0.1) is 13.0 Å². The minimum atomic E-state index is -3.60. The molecular formula is C7H14N2O4S. The first-order valence-corrected chi connectivity index (χ1v) is 5.81. The molecular weight excluding hydrogens is 208 g/mol. The first-order chi connectivity index (χ1) is 6.45. The van der Waals surface area contributed by atoms with Crippen molar-refractivity contribution in [3.63, 3.8) is 0 Å². The van der Waals surface area contributed by atoms with Crippen LogP contribution in [0.5, 0.6) is 0 Å². The Morgan fingerprint density at radius 1 is 1.43 bits per heavy atom. The van der Waals surface area contributed by atoms with Gasteiger partial charge in [-0.15, -0.1) is 0 Å². The summed E-state index contributed by atoms with van der Waals surface area (Å²) in [6.07, 6.45) is 0.951. The summed E-state index contributed by atoms with van der Waals surface area (Å²) in [5.41, 5.74) is 0. The molecule has 1 rings (SSSR count). The standard InChI is InChI=1S/C7H14N2O4S/c1-13-7(10)6-2-4-9(5-3-6)14(8,11)12/h6H,2-5H2,1H3,(H2,8,11,12). The molecule has 0 aromatic rings. The number of esters is 1. The number of rotatable bonds is 2. The molecule has 1 fully saturated rings. The number of carbonyl (C=O) groups excluding carboxylic acids is 1. The van der Waals surface area contributed by atoms with E-state index in [1.165, 1.54) is 11.4 Å². The molecule has 0 aromatic carbocycles. The fraction of sp³-hybridized carbons (Fsp3) is 0.857. The smallest absolute Gasteiger partial charge is 0.308 e. The van der Waals surface area contributed by atoms with Crippen LogP contribution in [0, 0.1) is 5.92 Å². The number of methoxy groups -OCH3 is 1. The van der Waals surface area contributed by atoms with Gasteiger partial charge in [0.2, 0.25) is 0 Å². The molecule has 82 valence electrons. The highest BCUT2D eigenvalue weighted by atomic mass is 32.2. The maximum absolute atomic E-state index is 11.1. The largest absolute Gasteiger partial charge is 0.469 e. The monoisotopic (exact) mass is 222 g/mol. The number of ether oxygens (including phenoxy) is 1. The Labute approximate surface area is 83.2 Å². The van der Waals surface area contributed by atoms with Crippen LogP contribution >= 0.6 is 0 Å². The molecule has 14 heavy (non-hydrogen) atoms. The molecule has 1 aliphatic rings. The van der Waals surface area contributed by atoms with Gasteiger partial charge in [0, 0.05) is 13.1 Å². The summed E-state index contributed by atoms with van der Waals surface area (Å²) in [7, 11) is -2.27. The van der Waals surface area contributed by atoms with Crippen molar-refractivity contribution in [2.75, 3.05) is 20.2 Å². The Kier molecular flexibility index (Phi) is 3.46. The molecule has 0 spiro atoms. The molecule has 1 heterocycles. The van der Waals surface area contributed by atoms with Gasteiger partial charge in [-0.3, -0.25) is 4.79 Å². The van der Waals surface area contributed by atoms with E-state index in [1.54, 1.807) is 0 Å². The average molecular weight is 222 g/mol. The predicted octanol–water partition coefficient (Wildman–Crippen LogP) is -0.925. The van der Waals surface area contributed by atoms with Crippen molar-refractivity contribution in [1.82, 2.24) is 4.31 Å². The fourth-order valence-electron chi connectivity index (χ4n) is 1.51. The third-order valence-electron chi connectivity index (χ3n) is 2.35. The van der Waals surface area contributed by atoms with Crippen molar-refractivity contribution in [3.05, 3.63) is 0 Å². The van der Waals surface area contributed by atoms with Crippen LogP contribution in [0.15, 0.2) is 0 Å². The lowest BCUT2D eigenvalue weighted by Crippen LogP contribution is -2.43. The molecule has 1 saturated heterocycles. The van der Waals surface area contributed by atoms with Crippen LogP contribution in [0.25, 0.3) is 0 Å². The van der Waals surface area contributed by atoms with Crippen LogP contribution in [-0.4, -0.2) is 38.9 Å². The Hall–Kier alpha value is -0.660. The van der Waals surface area contributed by atoms with Crippen LogP contribution in [0.4, 0.5) is 0 Å². The molecule has 7 heteroatoms. The van der Waals surface area contributed by atoms with Crippen molar-refractivity contribution in [1.29, 1.82) is 0 Å². The van der Waals surface area contributed by atoms with Gasteiger partial charge in [-0.05, 0) is 12.8 Å². The van der Waals surface area contributed by atoms with Gasteiger partial charge in [-0.2, -0.15) is 12.7 Å². The number of hydrogen-bond donors (Lipinski definition) is 1. The number of carbonyl (C=O) groups is 1. The second-order valence-corrected chi connectivity index (χ2v) is 4.79. The third-order valence-corrected chi connectivity index (χ3v) is 3.43. The third kappa shape index (κ3) is 2.66. The second-order valence-electron chi connectivity index (χ2n) is 3.24. The van der Waals surface area contributed by atoms with Crippen molar-refractivity contribution in [2.45, 2.75) is 12.8 Å². The van der Waals surface area contributed by atoms with E-state index in [-0.39, 0.29) is 11.9 Å². The number of nitrogens with two attached hydrogens (primary N) is 1. The fourth-order valence-corrected chi connectivity index (χ4v) is 2.23. The zero-order chi connectivity index (χ0) is 10.8. The molecule has 0 atom stereocenters. The van der Waals surface area contributed by atoms with Crippen LogP contribution in [0.3, 0.4) is 0 Å². The van der Waals surface area contributed by atoms with E-state index in [2.05, 4.69) is 4.74 Å². The van der Waals surface area contributed by atoms with Gasteiger partial charge < -0.3 is 4.74 Å². The van der Waals surface area contributed by atoms with Crippen molar-refractivity contribution >= 4 is 16.2 Å². The lowest BCUT2D eigenvalue weighted by atomic mass is 9.99. The quantitative estimate of drug-likeness (QED) is 0.611. The summed E-state index contributed by atoms with van der Waals surface area (Å²) >= 11 is 0. The summed E-state index contributed by atoms with van der Waals surface area (Å²) in [6.45, 7) is 0.581. The molecule has 0 unspecified atom stereocenters. The van der Waals surface area contributed by atoms with Gasteiger partial charge in [0.1, 0.15) is 0 Å².